The number of fused-ring (bicyclic) bond motifs is 1. The highest BCUT2D eigenvalue weighted by Gasteiger charge is 2.23. The number of nitrogens with one attached hydrogen (secondary N) is 2. The third-order valence-corrected chi connectivity index (χ3v) is 5.56. The number of nitrogens with two attached hydrogens (primary N) is 1. The summed E-state index contributed by atoms with van der Waals surface area (Å²) in [6.07, 6.45) is 4.10. The molecule has 1 aromatic carbocycles. The first-order chi connectivity index (χ1) is 14.4. The highest BCUT2D eigenvalue weighted by Crippen LogP contribution is 2.28. The van der Waals surface area contributed by atoms with Crippen LogP contribution in [0.1, 0.15) is 29.7 Å². The molecule has 1 saturated carbocycles. The van der Waals surface area contributed by atoms with E-state index in [2.05, 4.69) is 26.8 Å². The van der Waals surface area contributed by atoms with Gasteiger partial charge in [0.05, 0.1) is 28.4 Å². The van der Waals surface area contributed by atoms with Gasteiger partial charge in [0.15, 0.2) is 11.3 Å². The fourth-order valence-corrected chi connectivity index (χ4v) is 3.66. The standard InChI is InChI=1S/C19H18N8O2S/c20-9-13-5-12(6-16(7-13)30(22,28)29)3-4-23-18-8-17(25-14-1-2-14)19-24-11-15(10-21)27(19)26-18/h5-8,11,14,25H,1-4H2,(H,23,26)(H2,22,28,29). The summed E-state index contributed by atoms with van der Waals surface area (Å²) in [7, 11) is -3.91. The number of imidazole rings is 1. The molecule has 4 rings (SSSR count). The summed E-state index contributed by atoms with van der Waals surface area (Å²) in [4.78, 5) is 4.19. The molecule has 2 heterocycles. The molecule has 0 bridgehead atoms. The molecule has 0 atom stereocenters. The van der Waals surface area contributed by atoms with E-state index in [-0.39, 0.29) is 10.5 Å². The van der Waals surface area contributed by atoms with Gasteiger partial charge in [-0.15, -0.1) is 5.10 Å². The van der Waals surface area contributed by atoms with Gasteiger partial charge in [0.25, 0.3) is 0 Å². The maximum atomic E-state index is 11.6. The highest BCUT2D eigenvalue weighted by molar-refractivity contribution is 7.89. The first-order valence-electron chi connectivity index (χ1n) is 9.23. The molecule has 1 fully saturated rings. The first kappa shape index (κ1) is 19.6. The molecule has 1 aliphatic rings. The Hall–Kier alpha value is -3.67. The number of sulfonamides is 1. The Morgan fingerprint density at radius 3 is 2.67 bits per heavy atom. The van der Waals surface area contributed by atoms with Crippen LogP contribution in [0.15, 0.2) is 35.4 Å². The minimum Gasteiger partial charge on any atom is -0.379 e. The SMILES string of the molecule is N#Cc1cc(CCNc2cc(NC3CC3)c3ncc(C#N)n3n2)cc(S(N)(=O)=O)c1. The van der Waals surface area contributed by atoms with Crippen LogP contribution in [0.2, 0.25) is 0 Å². The summed E-state index contributed by atoms with van der Waals surface area (Å²) in [5.74, 6) is 0.545. The third-order valence-electron chi connectivity index (χ3n) is 4.66. The van der Waals surface area contributed by atoms with Crippen molar-refractivity contribution in [1.29, 1.82) is 10.5 Å². The molecule has 3 aromatic rings. The van der Waals surface area contributed by atoms with Crippen molar-refractivity contribution in [2.24, 2.45) is 5.14 Å². The predicted octanol–water partition coefficient (Wildman–Crippen LogP) is 1.35. The van der Waals surface area contributed by atoms with E-state index in [0.29, 0.717) is 41.7 Å². The fourth-order valence-electron chi connectivity index (χ4n) is 3.05. The lowest BCUT2D eigenvalue weighted by atomic mass is 10.1. The Labute approximate surface area is 173 Å². The number of primary sulfonamides is 1. The monoisotopic (exact) mass is 422 g/mol. The molecule has 2 aromatic heterocycles. The van der Waals surface area contributed by atoms with Crippen molar-refractivity contribution in [3.8, 4) is 12.1 Å². The maximum Gasteiger partial charge on any atom is 0.238 e. The molecule has 1 aliphatic carbocycles. The quantitative estimate of drug-likeness (QED) is 0.514. The second kappa shape index (κ2) is 7.63. The number of nitriles is 2. The molecular formula is C19H18N8O2S. The largest absolute Gasteiger partial charge is 0.379 e. The average Bonchev–Trinajstić information content (AvgIpc) is 3.43. The summed E-state index contributed by atoms with van der Waals surface area (Å²) < 4.78 is 24.8. The number of benzene rings is 1. The Morgan fingerprint density at radius 1 is 1.20 bits per heavy atom. The van der Waals surface area contributed by atoms with Crippen molar-refractivity contribution in [1.82, 2.24) is 14.6 Å². The zero-order chi connectivity index (χ0) is 21.3. The first-order valence-corrected chi connectivity index (χ1v) is 10.8. The molecule has 0 aliphatic heterocycles. The van der Waals surface area contributed by atoms with Crippen LogP contribution < -0.4 is 15.8 Å². The van der Waals surface area contributed by atoms with Crippen molar-refractivity contribution in [3.63, 3.8) is 0 Å². The zero-order valence-corrected chi connectivity index (χ0v) is 16.6. The van der Waals surface area contributed by atoms with E-state index in [0.717, 1.165) is 18.5 Å². The van der Waals surface area contributed by atoms with Gasteiger partial charge < -0.3 is 10.6 Å². The topological polar surface area (TPSA) is 162 Å². The number of aromatic nitrogens is 3. The molecule has 30 heavy (non-hydrogen) atoms. The van der Waals surface area contributed by atoms with Gasteiger partial charge in [-0.3, -0.25) is 0 Å². The minimum absolute atomic E-state index is 0.0934. The van der Waals surface area contributed by atoms with Gasteiger partial charge in [0.1, 0.15) is 11.9 Å². The summed E-state index contributed by atoms with van der Waals surface area (Å²) in [6.45, 7) is 0.427. The van der Waals surface area contributed by atoms with Crippen LogP contribution in [0.25, 0.3) is 5.65 Å². The molecule has 0 radical (unpaired) electrons. The summed E-state index contributed by atoms with van der Waals surface area (Å²) >= 11 is 0. The van der Waals surface area contributed by atoms with Crippen LogP contribution in [0.3, 0.4) is 0 Å². The molecule has 0 saturated heterocycles. The lowest BCUT2D eigenvalue weighted by Gasteiger charge is -2.11. The molecular weight excluding hydrogens is 404 g/mol. The summed E-state index contributed by atoms with van der Waals surface area (Å²) in [5, 5.41) is 34.6. The Bertz CT molecular complexity index is 1310. The summed E-state index contributed by atoms with van der Waals surface area (Å²) in [6, 6.07) is 10.6. The van der Waals surface area contributed by atoms with E-state index in [4.69, 9.17) is 10.4 Å². The van der Waals surface area contributed by atoms with Gasteiger partial charge in [-0.1, -0.05) is 0 Å². The van der Waals surface area contributed by atoms with Crippen LogP contribution in [0.4, 0.5) is 11.5 Å². The molecule has 10 nitrogen and oxygen atoms in total. The number of nitrogens with zero attached hydrogens (tertiary/aromatic N) is 5. The lowest BCUT2D eigenvalue weighted by molar-refractivity contribution is 0.597. The number of rotatable bonds is 7. The molecule has 0 amide bonds. The van der Waals surface area contributed by atoms with Gasteiger partial charge >= 0.3 is 0 Å². The van der Waals surface area contributed by atoms with Crippen molar-refractivity contribution in [2.45, 2.75) is 30.2 Å². The van der Waals surface area contributed by atoms with E-state index in [1.165, 1.54) is 22.8 Å². The fraction of sp³-hybridized carbons (Fsp3) is 0.263. The Kier molecular flexibility index (Phi) is 4.99. The third kappa shape index (κ3) is 4.17. The Morgan fingerprint density at radius 2 is 2.00 bits per heavy atom. The highest BCUT2D eigenvalue weighted by atomic mass is 32.2. The normalized spacial score (nSPS) is 13.6. The van der Waals surface area contributed by atoms with E-state index < -0.39 is 10.0 Å². The zero-order valence-electron chi connectivity index (χ0n) is 15.8. The van der Waals surface area contributed by atoms with Crippen molar-refractivity contribution < 1.29 is 8.42 Å². The van der Waals surface area contributed by atoms with Gasteiger partial charge in [-0.2, -0.15) is 15.0 Å². The van der Waals surface area contributed by atoms with E-state index in [1.54, 1.807) is 6.07 Å². The van der Waals surface area contributed by atoms with Crippen LogP contribution >= 0.6 is 0 Å². The number of anilines is 2. The van der Waals surface area contributed by atoms with Crippen LogP contribution in [-0.2, 0) is 16.4 Å². The van der Waals surface area contributed by atoms with Crippen LogP contribution in [0, 0.1) is 22.7 Å². The van der Waals surface area contributed by atoms with E-state index in [9.17, 15) is 13.7 Å². The second-order valence-corrected chi connectivity index (χ2v) is 8.61. The van der Waals surface area contributed by atoms with E-state index >= 15 is 0 Å². The van der Waals surface area contributed by atoms with Gasteiger partial charge in [-0.05, 0) is 43.0 Å². The predicted molar refractivity (Wildman–Crippen MR) is 109 cm³/mol. The molecule has 0 unspecified atom stereocenters. The van der Waals surface area contributed by atoms with Gasteiger partial charge in [-0.25, -0.2) is 18.5 Å². The lowest BCUT2D eigenvalue weighted by Crippen LogP contribution is -2.14. The molecule has 0 spiro atoms. The van der Waals surface area contributed by atoms with Crippen molar-refractivity contribution in [3.05, 3.63) is 47.3 Å². The molecule has 4 N–H and O–H groups in total. The summed E-state index contributed by atoms with van der Waals surface area (Å²) in [5.41, 5.74) is 2.59. The average molecular weight is 422 g/mol. The molecule has 11 heteroatoms. The van der Waals surface area contributed by atoms with Crippen molar-refractivity contribution >= 4 is 27.2 Å². The van der Waals surface area contributed by atoms with Crippen LogP contribution in [0.5, 0.6) is 0 Å². The smallest absolute Gasteiger partial charge is 0.238 e. The minimum atomic E-state index is -3.91. The number of hydrogen-bond donors (Lipinski definition) is 3. The van der Waals surface area contributed by atoms with Gasteiger partial charge in [0, 0.05) is 18.7 Å². The van der Waals surface area contributed by atoms with E-state index in [1.807, 2.05) is 12.1 Å². The van der Waals surface area contributed by atoms with Crippen LogP contribution in [-0.4, -0.2) is 35.6 Å². The maximum absolute atomic E-state index is 11.6. The molecule has 152 valence electrons. The second-order valence-electron chi connectivity index (χ2n) is 7.05. The van der Waals surface area contributed by atoms with Gasteiger partial charge in [0.2, 0.25) is 10.0 Å². The Balaban J connectivity index is 1.55. The number of hydrogen-bond acceptors (Lipinski definition) is 8. The van der Waals surface area contributed by atoms with Crippen molar-refractivity contribution in [2.75, 3.05) is 17.2 Å².